The summed E-state index contributed by atoms with van der Waals surface area (Å²) in [7, 11) is 0. The molecular formula is C58H118. The Labute approximate surface area is 372 Å². The second-order valence-electron chi connectivity index (χ2n) is 20.5. The first-order valence-electron chi connectivity index (χ1n) is 28.7. The first-order chi connectivity index (χ1) is 28.7. The normalized spacial score (nSPS) is 12.8. The quantitative estimate of drug-likeness (QED) is 0.0537. The van der Waals surface area contributed by atoms with Gasteiger partial charge in [-0.2, -0.15) is 0 Å². The molecule has 0 bridgehead atoms. The number of hydrogen-bond acceptors (Lipinski definition) is 0. The average molecular weight is 816 g/mol. The minimum atomic E-state index is 0.946. The maximum Gasteiger partial charge on any atom is -0.0414 e. The van der Waals surface area contributed by atoms with Crippen molar-refractivity contribution >= 4 is 0 Å². The molecule has 0 rings (SSSR count). The zero-order valence-electron chi connectivity index (χ0n) is 41.9. The first-order valence-corrected chi connectivity index (χ1v) is 28.7. The van der Waals surface area contributed by atoms with Crippen molar-refractivity contribution in [1.29, 1.82) is 0 Å². The van der Waals surface area contributed by atoms with Crippen molar-refractivity contribution in [3.63, 3.8) is 0 Å². The third kappa shape index (κ3) is 50.4. The molecule has 0 fully saturated rings. The van der Waals surface area contributed by atoms with E-state index in [9.17, 15) is 0 Å². The van der Waals surface area contributed by atoms with Crippen LogP contribution in [0.4, 0.5) is 0 Å². The van der Waals surface area contributed by atoms with Crippen LogP contribution in [0.3, 0.4) is 0 Å². The van der Waals surface area contributed by atoms with E-state index < -0.39 is 0 Å². The van der Waals surface area contributed by atoms with E-state index in [-0.39, 0.29) is 0 Å². The van der Waals surface area contributed by atoms with Crippen molar-refractivity contribution in [2.45, 2.75) is 362 Å². The molecule has 2 atom stereocenters. The Morgan fingerprint density at radius 2 is 0.345 bits per heavy atom. The molecule has 2 unspecified atom stereocenters. The number of unbranched alkanes of at least 4 members (excludes halogenated alkanes) is 44. The zero-order chi connectivity index (χ0) is 41.9. The molecule has 0 amide bonds. The number of rotatable bonds is 53. The van der Waals surface area contributed by atoms with Crippen LogP contribution in [0.25, 0.3) is 0 Å². The third-order valence-electron chi connectivity index (χ3n) is 14.3. The van der Waals surface area contributed by atoms with Gasteiger partial charge >= 0.3 is 0 Å². The lowest BCUT2D eigenvalue weighted by atomic mass is 9.86. The summed E-state index contributed by atoms with van der Waals surface area (Å²) in [5.74, 6) is 1.96. The molecule has 0 spiro atoms. The lowest BCUT2D eigenvalue weighted by Gasteiger charge is -2.20. The zero-order valence-corrected chi connectivity index (χ0v) is 41.9. The Bertz CT molecular complexity index is 680. The summed E-state index contributed by atoms with van der Waals surface area (Å²) in [6, 6.07) is 0. The Hall–Kier alpha value is 0. The summed E-state index contributed by atoms with van der Waals surface area (Å²) in [5.41, 5.74) is 0. The molecule has 0 saturated heterocycles. The van der Waals surface area contributed by atoms with Gasteiger partial charge in [0.15, 0.2) is 0 Å². The Balaban J connectivity index is 4.06. The van der Waals surface area contributed by atoms with E-state index in [4.69, 9.17) is 0 Å². The van der Waals surface area contributed by atoms with E-state index >= 15 is 0 Å². The van der Waals surface area contributed by atoms with Crippen LogP contribution >= 0.6 is 0 Å². The van der Waals surface area contributed by atoms with Gasteiger partial charge in [-0.1, -0.05) is 362 Å². The van der Waals surface area contributed by atoms with Crippen molar-refractivity contribution in [2.75, 3.05) is 0 Å². The third-order valence-corrected chi connectivity index (χ3v) is 14.3. The van der Waals surface area contributed by atoms with Gasteiger partial charge in [0.25, 0.3) is 0 Å². The highest BCUT2D eigenvalue weighted by molar-refractivity contribution is 4.65. The van der Waals surface area contributed by atoms with Crippen LogP contribution in [-0.4, -0.2) is 0 Å². The summed E-state index contributed by atoms with van der Waals surface area (Å²) in [6.45, 7) is 9.55. The summed E-state index contributed by atoms with van der Waals surface area (Å²) in [5, 5.41) is 0. The molecule has 0 nitrogen and oxygen atoms in total. The van der Waals surface area contributed by atoms with Gasteiger partial charge in [0.2, 0.25) is 0 Å². The molecular weight excluding hydrogens is 697 g/mol. The Morgan fingerprint density at radius 3 is 0.552 bits per heavy atom. The topological polar surface area (TPSA) is 0 Å². The van der Waals surface area contributed by atoms with Gasteiger partial charge in [-0.25, -0.2) is 0 Å². The van der Waals surface area contributed by atoms with E-state index in [1.807, 2.05) is 0 Å². The molecule has 0 aliphatic rings. The second-order valence-corrected chi connectivity index (χ2v) is 20.5. The highest BCUT2D eigenvalue weighted by Crippen LogP contribution is 2.27. The molecule has 0 aromatic heterocycles. The minimum Gasteiger partial charge on any atom is -0.0654 e. The van der Waals surface area contributed by atoms with Crippen molar-refractivity contribution in [1.82, 2.24) is 0 Å². The molecule has 58 heavy (non-hydrogen) atoms. The van der Waals surface area contributed by atoms with Crippen LogP contribution in [0.15, 0.2) is 0 Å². The largest absolute Gasteiger partial charge is 0.0654 e. The van der Waals surface area contributed by atoms with Crippen molar-refractivity contribution < 1.29 is 0 Å². The van der Waals surface area contributed by atoms with Gasteiger partial charge in [-0.05, 0) is 11.8 Å². The van der Waals surface area contributed by atoms with Crippen LogP contribution in [0, 0.1) is 11.8 Å². The van der Waals surface area contributed by atoms with E-state index in [2.05, 4.69) is 27.7 Å². The summed E-state index contributed by atoms with van der Waals surface area (Å²) in [6.07, 6.45) is 77.2. The highest BCUT2D eigenvalue weighted by Gasteiger charge is 2.12. The molecule has 350 valence electrons. The van der Waals surface area contributed by atoms with Crippen LogP contribution < -0.4 is 0 Å². The summed E-state index contributed by atoms with van der Waals surface area (Å²) < 4.78 is 0. The molecule has 0 aromatic carbocycles. The fraction of sp³-hybridized carbons (Fsp3) is 1.00. The van der Waals surface area contributed by atoms with Crippen LogP contribution in [0.5, 0.6) is 0 Å². The maximum atomic E-state index is 2.59. The Morgan fingerprint density at radius 1 is 0.172 bits per heavy atom. The fourth-order valence-corrected chi connectivity index (χ4v) is 9.92. The van der Waals surface area contributed by atoms with Crippen LogP contribution in [-0.2, 0) is 0 Å². The van der Waals surface area contributed by atoms with Crippen molar-refractivity contribution in [3.8, 4) is 0 Å². The van der Waals surface area contributed by atoms with Gasteiger partial charge in [0.05, 0.1) is 0 Å². The molecule has 0 aromatic rings. The molecule has 0 saturated carbocycles. The molecule has 0 heterocycles. The molecule has 0 aliphatic carbocycles. The van der Waals surface area contributed by atoms with E-state index in [1.54, 1.807) is 0 Å². The van der Waals surface area contributed by atoms with Crippen molar-refractivity contribution in [2.24, 2.45) is 11.8 Å². The smallest absolute Gasteiger partial charge is 0.0414 e. The van der Waals surface area contributed by atoms with Crippen LogP contribution in [0.2, 0.25) is 0 Å². The predicted octanol–water partition coefficient (Wildman–Crippen LogP) is 22.6. The summed E-state index contributed by atoms with van der Waals surface area (Å²) >= 11 is 0. The number of hydrogen-bond donors (Lipinski definition) is 0. The SMILES string of the molecule is CCCCCCCCCCCCCCCCCCCC(CCCCCCCCCCCCCCCCCC)CCC(C)CCCCCCCCCCCCCCCC. The standard InChI is InChI=1S/C58H118/c1-5-8-11-14-17-20-23-26-29-31-33-36-39-42-45-48-51-54-58(53-50-47-44-41-38-35-32-30-27-24-21-18-15-12-9-6-2)56-55-57(4)52-49-46-43-40-37-34-28-25-22-19-16-13-10-7-3/h57-58H,5-56H2,1-4H3. The molecule has 0 N–H and O–H groups in total. The van der Waals surface area contributed by atoms with Gasteiger partial charge in [-0.15, -0.1) is 0 Å². The monoisotopic (exact) mass is 815 g/mol. The van der Waals surface area contributed by atoms with Crippen molar-refractivity contribution in [3.05, 3.63) is 0 Å². The van der Waals surface area contributed by atoms with E-state index in [0.29, 0.717) is 0 Å². The predicted molar refractivity (Wildman–Crippen MR) is 270 cm³/mol. The van der Waals surface area contributed by atoms with Gasteiger partial charge in [0, 0.05) is 0 Å². The minimum absolute atomic E-state index is 0.946. The average Bonchev–Trinajstić information content (AvgIpc) is 3.23. The lowest BCUT2D eigenvalue weighted by molar-refractivity contribution is 0.334. The van der Waals surface area contributed by atoms with Crippen LogP contribution in [0.1, 0.15) is 362 Å². The lowest BCUT2D eigenvalue weighted by Crippen LogP contribution is -2.05. The molecule has 0 aliphatic heterocycles. The molecule has 0 radical (unpaired) electrons. The first kappa shape index (κ1) is 58.0. The van der Waals surface area contributed by atoms with Gasteiger partial charge in [-0.3, -0.25) is 0 Å². The Kier molecular flexibility index (Phi) is 53.1. The van der Waals surface area contributed by atoms with Gasteiger partial charge < -0.3 is 0 Å². The van der Waals surface area contributed by atoms with Gasteiger partial charge in [0.1, 0.15) is 0 Å². The van der Waals surface area contributed by atoms with E-state index in [1.165, 1.54) is 334 Å². The fourth-order valence-electron chi connectivity index (χ4n) is 9.92. The maximum absolute atomic E-state index is 2.59. The highest BCUT2D eigenvalue weighted by atomic mass is 14.2. The second kappa shape index (κ2) is 53.1. The van der Waals surface area contributed by atoms with E-state index in [0.717, 1.165) is 11.8 Å². The molecule has 0 heteroatoms. The summed E-state index contributed by atoms with van der Waals surface area (Å²) in [4.78, 5) is 0.